The highest BCUT2D eigenvalue weighted by molar-refractivity contribution is 5.92. The van der Waals surface area contributed by atoms with Crippen LogP contribution in [0.15, 0.2) is 36.8 Å². The maximum absolute atomic E-state index is 11.7. The summed E-state index contributed by atoms with van der Waals surface area (Å²) < 4.78 is 8.30. The number of esters is 1. The average molecular weight is 271 g/mol. The summed E-state index contributed by atoms with van der Waals surface area (Å²) in [6, 6.07) is 5.60. The van der Waals surface area contributed by atoms with Crippen LogP contribution in [0.4, 0.5) is 5.69 Å². The number of carbonyl (C=O) groups excluding carboxylic acids is 1. The Labute approximate surface area is 114 Å². The fourth-order valence-corrected chi connectivity index (χ4v) is 1.98. The Morgan fingerprint density at radius 2 is 2.30 bits per heavy atom. The molecule has 0 saturated carbocycles. The highest BCUT2D eigenvalue weighted by Crippen LogP contribution is 2.16. The van der Waals surface area contributed by atoms with Crippen molar-refractivity contribution in [3.63, 3.8) is 0 Å². The van der Waals surface area contributed by atoms with Gasteiger partial charge < -0.3 is 10.5 Å². The van der Waals surface area contributed by atoms with Gasteiger partial charge in [0.15, 0.2) is 5.69 Å². The van der Waals surface area contributed by atoms with Gasteiger partial charge in [0, 0.05) is 12.4 Å². The number of carbonyl (C=O) groups is 1. The molecule has 0 saturated heterocycles. The molecule has 0 spiro atoms. The van der Waals surface area contributed by atoms with Crippen molar-refractivity contribution in [2.24, 2.45) is 0 Å². The number of nitrogen functional groups attached to an aromatic ring is 1. The fourth-order valence-electron chi connectivity index (χ4n) is 1.98. The van der Waals surface area contributed by atoms with Gasteiger partial charge in [0.05, 0.1) is 18.5 Å². The highest BCUT2D eigenvalue weighted by Gasteiger charge is 2.17. The van der Waals surface area contributed by atoms with Gasteiger partial charge in [0.25, 0.3) is 0 Å². The van der Waals surface area contributed by atoms with Crippen LogP contribution in [0.3, 0.4) is 0 Å². The largest absolute Gasteiger partial charge is 0.461 e. The minimum absolute atomic E-state index is 0.115. The maximum Gasteiger partial charge on any atom is 0.361 e. The molecule has 7 nitrogen and oxygen atoms in total. The molecule has 3 heterocycles. The Balaban J connectivity index is 2.09. The molecule has 0 aromatic carbocycles. The summed E-state index contributed by atoms with van der Waals surface area (Å²) in [5.74, 6) is 0.212. The van der Waals surface area contributed by atoms with E-state index >= 15 is 0 Å². The number of nitrogens with zero attached hydrogens (tertiary/aromatic N) is 4. The number of ether oxygens (including phenoxy) is 1. The van der Waals surface area contributed by atoms with E-state index in [1.165, 1.54) is 4.68 Å². The second-order valence-electron chi connectivity index (χ2n) is 4.14. The van der Waals surface area contributed by atoms with Crippen molar-refractivity contribution in [2.45, 2.75) is 6.92 Å². The van der Waals surface area contributed by atoms with Gasteiger partial charge in [-0.15, -0.1) is 0 Å². The monoisotopic (exact) mass is 271 g/mol. The lowest BCUT2D eigenvalue weighted by Crippen LogP contribution is -2.09. The number of aromatic nitrogens is 4. The first-order valence-corrected chi connectivity index (χ1v) is 6.15. The van der Waals surface area contributed by atoms with Gasteiger partial charge in [-0.05, 0) is 19.1 Å². The van der Waals surface area contributed by atoms with Crippen LogP contribution in [0.5, 0.6) is 0 Å². The number of fused-ring (bicyclic) bond motifs is 1. The molecular weight excluding hydrogens is 258 g/mol. The number of rotatable bonds is 3. The molecule has 0 bridgehead atoms. The van der Waals surface area contributed by atoms with Gasteiger partial charge >= 0.3 is 5.97 Å². The van der Waals surface area contributed by atoms with Crippen LogP contribution in [0.25, 0.3) is 11.5 Å². The van der Waals surface area contributed by atoms with Gasteiger partial charge in [0.2, 0.25) is 0 Å². The second-order valence-corrected chi connectivity index (χ2v) is 4.14. The molecule has 0 amide bonds. The molecule has 102 valence electrons. The number of anilines is 1. The van der Waals surface area contributed by atoms with E-state index in [9.17, 15) is 4.79 Å². The first kappa shape index (κ1) is 12.2. The Hall–Kier alpha value is -2.83. The first-order valence-electron chi connectivity index (χ1n) is 6.15. The van der Waals surface area contributed by atoms with Crippen molar-refractivity contribution >= 4 is 17.3 Å². The molecule has 7 heteroatoms. The van der Waals surface area contributed by atoms with E-state index in [0.717, 1.165) is 11.5 Å². The topological polar surface area (TPSA) is 87.4 Å². The van der Waals surface area contributed by atoms with Crippen LogP contribution in [0.2, 0.25) is 0 Å². The van der Waals surface area contributed by atoms with Crippen LogP contribution in [-0.2, 0) is 4.74 Å². The van der Waals surface area contributed by atoms with Crippen molar-refractivity contribution in [3.05, 3.63) is 42.5 Å². The Kier molecular flexibility index (Phi) is 2.86. The van der Waals surface area contributed by atoms with Crippen LogP contribution in [0, 0.1) is 0 Å². The lowest BCUT2D eigenvalue weighted by Gasteiger charge is -2.04. The Bertz CT molecular complexity index is 774. The minimum Gasteiger partial charge on any atom is -0.461 e. The van der Waals surface area contributed by atoms with Crippen LogP contribution in [0.1, 0.15) is 17.4 Å². The minimum atomic E-state index is -0.526. The molecule has 0 atom stereocenters. The third-order valence-electron chi connectivity index (χ3n) is 2.85. The van der Waals surface area contributed by atoms with E-state index in [1.807, 2.05) is 28.8 Å². The van der Waals surface area contributed by atoms with E-state index < -0.39 is 5.97 Å². The smallest absolute Gasteiger partial charge is 0.361 e. The van der Waals surface area contributed by atoms with Crippen molar-refractivity contribution < 1.29 is 9.53 Å². The molecular formula is C13H13N5O2. The SMILES string of the molecule is CCOC(=O)c1nn(-c2cccc3nccn23)cc1N. The molecule has 3 aromatic heterocycles. The molecule has 0 radical (unpaired) electrons. The molecule has 3 rings (SSSR count). The van der Waals surface area contributed by atoms with E-state index in [1.54, 1.807) is 19.3 Å². The molecule has 2 N–H and O–H groups in total. The average Bonchev–Trinajstić information content (AvgIpc) is 3.04. The fraction of sp³-hybridized carbons (Fsp3) is 0.154. The van der Waals surface area contributed by atoms with Crippen LogP contribution < -0.4 is 5.73 Å². The van der Waals surface area contributed by atoms with E-state index in [2.05, 4.69) is 10.1 Å². The summed E-state index contributed by atoms with van der Waals surface area (Å²) in [6.45, 7) is 2.01. The van der Waals surface area contributed by atoms with E-state index in [4.69, 9.17) is 10.5 Å². The van der Waals surface area contributed by atoms with Crippen LogP contribution >= 0.6 is 0 Å². The van der Waals surface area contributed by atoms with Gasteiger partial charge in [-0.25, -0.2) is 14.5 Å². The normalized spacial score (nSPS) is 10.8. The summed E-state index contributed by atoms with van der Waals surface area (Å²) in [4.78, 5) is 15.9. The molecule has 0 aliphatic rings. The Morgan fingerprint density at radius 3 is 3.10 bits per heavy atom. The number of hydrogen-bond acceptors (Lipinski definition) is 5. The first-order chi connectivity index (χ1) is 9.70. The lowest BCUT2D eigenvalue weighted by atomic mass is 10.4. The lowest BCUT2D eigenvalue weighted by molar-refractivity contribution is 0.0520. The zero-order chi connectivity index (χ0) is 14.1. The van der Waals surface area contributed by atoms with Gasteiger partial charge in [-0.2, -0.15) is 5.10 Å². The number of hydrogen-bond donors (Lipinski definition) is 1. The predicted octanol–water partition coefficient (Wildman–Crippen LogP) is 1.28. The van der Waals surface area contributed by atoms with Crippen molar-refractivity contribution in [1.29, 1.82) is 0 Å². The molecule has 0 aliphatic carbocycles. The summed E-state index contributed by atoms with van der Waals surface area (Å²) in [5, 5.41) is 4.20. The third kappa shape index (κ3) is 1.89. The quantitative estimate of drug-likeness (QED) is 0.725. The van der Waals surface area contributed by atoms with Gasteiger partial charge in [-0.1, -0.05) is 6.07 Å². The molecule has 0 aliphatic heterocycles. The third-order valence-corrected chi connectivity index (χ3v) is 2.85. The van der Waals surface area contributed by atoms with Crippen molar-refractivity contribution in [3.8, 4) is 5.82 Å². The van der Waals surface area contributed by atoms with Gasteiger partial charge in [-0.3, -0.25) is 4.40 Å². The summed E-state index contributed by atoms with van der Waals surface area (Å²) in [7, 11) is 0. The molecule has 20 heavy (non-hydrogen) atoms. The number of imidazole rings is 1. The molecule has 3 aromatic rings. The van der Waals surface area contributed by atoms with Crippen molar-refractivity contribution in [1.82, 2.24) is 19.2 Å². The Morgan fingerprint density at radius 1 is 1.45 bits per heavy atom. The predicted molar refractivity (Wildman–Crippen MR) is 72.7 cm³/mol. The zero-order valence-electron chi connectivity index (χ0n) is 10.9. The van der Waals surface area contributed by atoms with E-state index in [0.29, 0.717) is 0 Å². The van der Waals surface area contributed by atoms with Crippen LogP contribution in [-0.4, -0.2) is 31.7 Å². The number of pyridine rings is 1. The van der Waals surface area contributed by atoms with Crippen molar-refractivity contribution in [2.75, 3.05) is 12.3 Å². The molecule has 0 fully saturated rings. The standard InChI is InChI=1S/C13H13N5O2/c1-2-20-13(19)12-9(14)8-18(16-12)11-5-3-4-10-15-6-7-17(10)11/h3-8H,2,14H2,1H3. The van der Waals surface area contributed by atoms with E-state index in [-0.39, 0.29) is 18.0 Å². The molecule has 0 unspecified atom stereocenters. The highest BCUT2D eigenvalue weighted by atomic mass is 16.5. The number of nitrogens with two attached hydrogens (primary N) is 1. The second kappa shape index (κ2) is 4.69. The maximum atomic E-state index is 11.7. The summed E-state index contributed by atoms with van der Waals surface area (Å²) >= 11 is 0. The summed E-state index contributed by atoms with van der Waals surface area (Å²) in [5.41, 5.74) is 7.00. The summed E-state index contributed by atoms with van der Waals surface area (Å²) in [6.07, 6.45) is 5.09. The zero-order valence-corrected chi connectivity index (χ0v) is 10.9. The van der Waals surface area contributed by atoms with Gasteiger partial charge in [0.1, 0.15) is 11.5 Å².